The Hall–Kier alpha value is -3.41. The Morgan fingerprint density at radius 1 is 1.03 bits per heavy atom. The van der Waals surface area contributed by atoms with E-state index in [2.05, 4.69) is 20.7 Å². The van der Waals surface area contributed by atoms with Crippen LogP contribution >= 0.6 is 23.2 Å². The summed E-state index contributed by atoms with van der Waals surface area (Å²) in [6, 6.07) is 11.0. The van der Waals surface area contributed by atoms with E-state index in [9.17, 15) is 19.1 Å². The molecule has 1 atom stereocenters. The first-order valence-electron chi connectivity index (χ1n) is 12.3. The molecule has 0 radical (unpaired) electrons. The summed E-state index contributed by atoms with van der Waals surface area (Å²) in [4.78, 5) is 29.3. The van der Waals surface area contributed by atoms with E-state index in [1.54, 1.807) is 24.3 Å². The minimum Gasteiger partial charge on any atom is -0.484 e. The van der Waals surface area contributed by atoms with Gasteiger partial charge in [-0.2, -0.15) is 4.98 Å². The minimum absolute atomic E-state index is 0.0344. The van der Waals surface area contributed by atoms with Crippen LogP contribution in [0.15, 0.2) is 48.8 Å². The molecule has 2 bridgehead atoms. The number of amides is 2. The van der Waals surface area contributed by atoms with E-state index >= 15 is 0 Å². The molecule has 39 heavy (non-hydrogen) atoms. The molecule has 3 aliphatic rings. The predicted octanol–water partition coefficient (Wildman–Crippen LogP) is 3.22. The van der Waals surface area contributed by atoms with Gasteiger partial charge in [-0.05, 0) is 68.5 Å². The lowest BCUT2D eigenvalue weighted by Crippen LogP contribution is -2.70. The number of carbonyl (C=O) groups excluding carboxylic acids is 2. The summed E-state index contributed by atoms with van der Waals surface area (Å²) in [5.74, 6) is -1.23. The van der Waals surface area contributed by atoms with Gasteiger partial charge < -0.3 is 25.2 Å². The molecule has 0 aliphatic heterocycles. The number of hydrogen-bond donors (Lipinski definition) is 3. The van der Waals surface area contributed by atoms with Gasteiger partial charge in [0.25, 0.3) is 11.8 Å². The molecule has 1 aromatic heterocycles. The molecule has 206 valence electrons. The fourth-order valence-corrected chi connectivity index (χ4v) is 5.43. The molecule has 2 amide bonds. The monoisotopic (exact) mass is 577 g/mol. The Bertz CT molecular complexity index is 1360. The van der Waals surface area contributed by atoms with Gasteiger partial charge in [-0.1, -0.05) is 23.2 Å². The number of benzene rings is 2. The van der Waals surface area contributed by atoms with E-state index in [1.165, 1.54) is 23.1 Å². The Morgan fingerprint density at radius 2 is 1.72 bits per heavy atom. The first kappa shape index (κ1) is 27.2. The highest BCUT2D eigenvalue weighted by Crippen LogP contribution is 2.47. The molecule has 2 aromatic carbocycles. The van der Waals surface area contributed by atoms with Crippen molar-refractivity contribution in [3.8, 4) is 17.4 Å². The molecular formula is C26H26Cl2FN5O5. The molecule has 3 fully saturated rings. The lowest BCUT2D eigenvalue weighted by Gasteiger charge is -2.56. The lowest BCUT2D eigenvalue weighted by molar-refractivity contribution is -0.137. The van der Waals surface area contributed by atoms with E-state index in [1.807, 2.05) is 0 Å². The molecule has 0 unspecified atom stereocenters. The molecule has 1 heterocycles. The van der Waals surface area contributed by atoms with E-state index in [4.69, 9.17) is 32.7 Å². The molecule has 3 saturated carbocycles. The standard InChI is InChI=1S/C26H26Cl2FN5O5/c27-16-1-3-17(4-2-16)34-15-30-24(33-34)39-14-23(37)32-26-9-7-25(8-10-26,12-21(26)35)31-22(36)13-38-18-5-6-19(28)20(29)11-18/h1-6,11,15,21,35H,7-10,12-14H2,(H,31,36)(H,32,37)/t21-,25?,26?/m0/s1. The largest absolute Gasteiger partial charge is 0.484 e. The maximum absolute atomic E-state index is 13.6. The van der Waals surface area contributed by atoms with Crippen molar-refractivity contribution in [2.45, 2.75) is 49.3 Å². The van der Waals surface area contributed by atoms with Crippen molar-refractivity contribution in [3.05, 3.63) is 64.7 Å². The van der Waals surface area contributed by atoms with Crippen LogP contribution in [-0.4, -0.2) is 62.1 Å². The van der Waals surface area contributed by atoms with Crippen molar-refractivity contribution in [1.82, 2.24) is 25.4 Å². The number of ether oxygens (including phenoxy) is 2. The Labute approximate surface area is 233 Å². The smallest absolute Gasteiger partial charge is 0.336 e. The summed E-state index contributed by atoms with van der Waals surface area (Å²) in [6.45, 7) is -0.621. The topological polar surface area (TPSA) is 128 Å². The highest BCUT2D eigenvalue weighted by atomic mass is 35.5. The van der Waals surface area contributed by atoms with Gasteiger partial charge in [0.05, 0.1) is 22.4 Å². The van der Waals surface area contributed by atoms with Crippen LogP contribution in [0.25, 0.3) is 5.69 Å². The average Bonchev–Trinajstić information content (AvgIpc) is 3.39. The SMILES string of the molecule is O=C(COc1ccc(Cl)c(F)c1)NC12CCC(NC(=O)COc3ncn(-c4ccc(Cl)cc4)n3)(CC1)[C@@H](O)C2. The molecule has 3 aromatic rings. The third-order valence-corrected chi connectivity index (χ3v) is 7.83. The molecular weight excluding hydrogens is 552 g/mol. The fourth-order valence-electron chi connectivity index (χ4n) is 5.19. The molecule has 13 heteroatoms. The first-order valence-corrected chi connectivity index (χ1v) is 13.1. The number of nitrogens with one attached hydrogen (secondary N) is 2. The van der Waals surface area contributed by atoms with Crippen LogP contribution in [-0.2, 0) is 9.59 Å². The summed E-state index contributed by atoms with van der Waals surface area (Å²) < 4.78 is 25.9. The van der Waals surface area contributed by atoms with Crippen LogP contribution in [0.5, 0.6) is 11.8 Å². The number of aromatic nitrogens is 3. The van der Waals surface area contributed by atoms with Crippen molar-refractivity contribution in [2.24, 2.45) is 0 Å². The Balaban J connectivity index is 1.10. The number of carbonyl (C=O) groups is 2. The number of aliphatic hydroxyl groups is 1. The van der Waals surface area contributed by atoms with Crippen molar-refractivity contribution < 1.29 is 28.6 Å². The van der Waals surface area contributed by atoms with Gasteiger partial charge in [0.1, 0.15) is 17.9 Å². The summed E-state index contributed by atoms with van der Waals surface area (Å²) in [5.41, 5.74) is -0.675. The van der Waals surface area contributed by atoms with Crippen molar-refractivity contribution >= 4 is 35.0 Å². The number of aliphatic hydroxyl groups excluding tert-OH is 1. The third-order valence-electron chi connectivity index (χ3n) is 7.27. The summed E-state index contributed by atoms with van der Waals surface area (Å²) in [6.07, 6.45) is 2.98. The zero-order chi connectivity index (χ0) is 27.6. The van der Waals surface area contributed by atoms with E-state index in [-0.39, 0.29) is 42.3 Å². The normalized spacial score (nSPS) is 23.7. The van der Waals surface area contributed by atoms with Gasteiger partial charge in [-0.15, -0.1) is 5.10 Å². The predicted molar refractivity (Wildman–Crippen MR) is 140 cm³/mol. The van der Waals surface area contributed by atoms with E-state index in [0.717, 1.165) is 11.8 Å². The van der Waals surface area contributed by atoms with E-state index in [0.29, 0.717) is 30.7 Å². The Kier molecular flexibility index (Phi) is 7.66. The van der Waals surface area contributed by atoms with Crippen LogP contribution in [0, 0.1) is 5.82 Å². The summed E-state index contributed by atoms with van der Waals surface area (Å²) in [7, 11) is 0. The zero-order valence-electron chi connectivity index (χ0n) is 20.7. The highest BCUT2D eigenvalue weighted by Gasteiger charge is 2.55. The van der Waals surface area contributed by atoms with Crippen molar-refractivity contribution in [3.63, 3.8) is 0 Å². The average molecular weight is 578 g/mol. The van der Waals surface area contributed by atoms with Crippen molar-refractivity contribution in [2.75, 3.05) is 13.2 Å². The second-order valence-corrected chi connectivity index (χ2v) is 10.7. The summed E-state index contributed by atoms with van der Waals surface area (Å²) in [5, 5.41) is 21.6. The molecule has 0 spiro atoms. The Morgan fingerprint density at radius 3 is 2.41 bits per heavy atom. The highest BCUT2D eigenvalue weighted by molar-refractivity contribution is 6.31. The second-order valence-electron chi connectivity index (χ2n) is 9.85. The number of rotatable bonds is 9. The van der Waals surface area contributed by atoms with Crippen LogP contribution < -0.4 is 20.1 Å². The number of fused-ring (bicyclic) bond motifs is 3. The maximum atomic E-state index is 13.6. The van der Waals surface area contributed by atoms with Gasteiger partial charge in [-0.3, -0.25) is 9.59 Å². The molecule has 3 N–H and O–H groups in total. The van der Waals surface area contributed by atoms with Gasteiger partial charge in [-0.25, -0.2) is 9.07 Å². The van der Waals surface area contributed by atoms with Gasteiger partial charge >= 0.3 is 6.01 Å². The molecule has 6 rings (SSSR count). The molecule has 0 saturated heterocycles. The molecule has 3 aliphatic carbocycles. The van der Waals surface area contributed by atoms with Gasteiger partial charge in [0, 0.05) is 16.6 Å². The fraction of sp³-hybridized carbons (Fsp3) is 0.385. The number of halogens is 3. The number of hydrogen-bond acceptors (Lipinski definition) is 7. The lowest BCUT2D eigenvalue weighted by atomic mass is 9.60. The quantitative estimate of drug-likeness (QED) is 0.356. The zero-order valence-corrected chi connectivity index (χ0v) is 22.2. The van der Waals surface area contributed by atoms with Gasteiger partial charge in [0.2, 0.25) is 0 Å². The second kappa shape index (κ2) is 11.0. The van der Waals surface area contributed by atoms with Crippen LogP contribution in [0.4, 0.5) is 4.39 Å². The van der Waals surface area contributed by atoms with Crippen molar-refractivity contribution in [1.29, 1.82) is 0 Å². The minimum atomic E-state index is -0.863. The first-order chi connectivity index (χ1) is 18.7. The van der Waals surface area contributed by atoms with Gasteiger partial charge in [0.15, 0.2) is 13.2 Å². The number of nitrogens with zero attached hydrogens (tertiary/aromatic N) is 3. The third kappa shape index (κ3) is 6.10. The summed E-state index contributed by atoms with van der Waals surface area (Å²) >= 11 is 11.6. The maximum Gasteiger partial charge on any atom is 0.336 e. The molecule has 10 nitrogen and oxygen atoms in total. The van der Waals surface area contributed by atoms with Crippen LogP contribution in [0.1, 0.15) is 32.1 Å². The van der Waals surface area contributed by atoms with Crippen LogP contribution in [0.2, 0.25) is 10.0 Å². The van der Waals surface area contributed by atoms with E-state index < -0.39 is 28.9 Å². The van der Waals surface area contributed by atoms with Crippen LogP contribution in [0.3, 0.4) is 0 Å².